The molecule has 3 nitrogen and oxygen atoms in total. The fraction of sp³-hybridized carbons (Fsp3) is 0.0175. The maximum Gasteiger partial charge on any atom is 0.160 e. The van der Waals surface area contributed by atoms with Crippen LogP contribution in [0.4, 0.5) is 0 Å². The molecule has 11 aromatic rings. The standard InChI is InChI=1S/C57H34N2O/c1-2-17-37-35(15-1)16-13-24-38(37)39-18-3-4-22-43(39)52-34-53(46-26-14-25-45-44-23-8-12-30-54(44)60-55(45)46)59-56(58-52)36-31-32-51-47(33-36)42-21-7-11-29-50(42)57(51)48-27-9-5-19-40(48)41-20-6-10-28-49(41)57/h1-34H. The molecule has 0 saturated carbocycles. The van der Waals surface area contributed by atoms with E-state index < -0.39 is 5.41 Å². The van der Waals surface area contributed by atoms with Crippen LogP contribution in [0.1, 0.15) is 22.3 Å². The number of hydrogen-bond acceptors (Lipinski definition) is 3. The molecule has 278 valence electrons. The molecule has 2 aliphatic rings. The quantitative estimate of drug-likeness (QED) is 0.179. The van der Waals surface area contributed by atoms with E-state index in [1.165, 1.54) is 60.8 Å². The Balaban J connectivity index is 1.07. The van der Waals surface area contributed by atoms with E-state index >= 15 is 0 Å². The third kappa shape index (κ3) is 4.54. The number of fused-ring (bicyclic) bond motifs is 14. The minimum atomic E-state index is -0.417. The van der Waals surface area contributed by atoms with Crippen LogP contribution in [0.2, 0.25) is 0 Å². The first-order valence-corrected chi connectivity index (χ1v) is 20.6. The van der Waals surface area contributed by atoms with E-state index in [2.05, 4.69) is 194 Å². The minimum absolute atomic E-state index is 0.417. The van der Waals surface area contributed by atoms with Crippen molar-refractivity contribution in [1.29, 1.82) is 0 Å². The number of para-hydroxylation sites is 2. The van der Waals surface area contributed by atoms with Crippen LogP contribution in [0.25, 0.3) is 100.0 Å². The van der Waals surface area contributed by atoms with Crippen LogP contribution in [0.5, 0.6) is 0 Å². The SMILES string of the molecule is c1ccc(-c2cccc3ccccc23)c(-c2cc(-c3cccc4c3oc3ccccc34)nc(-c3ccc4c(c3)-c3ccccc3C43c4ccccc4-c4ccccc43)n2)c1. The van der Waals surface area contributed by atoms with Crippen LogP contribution in [0, 0.1) is 0 Å². The second-order valence-electron chi connectivity index (χ2n) is 16.0. The van der Waals surface area contributed by atoms with Crippen molar-refractivity contribution in [2.45, 2.75) is 5.41 Å². The third-order valence-corrected chi connectivity index (χ3v) is 12.9. The van der Waals surface area contributed by atoms with E-state index in [0.717, 1.165) is 55.6 Å². The summed E-state index contributed by atoms with van der Waals surface area (Å²) < 4.78 is 6.62. The molecular formula is C57H34N2O. The van der Waals surface area contributed by atoms with Gasteiger partial charge in [-0.25, -0.2) is 9.97 Å². The lowest BCUT2D eigenvalue weighted by Gasteiger charge is -2.30. The summed E-state index contributed by atoms with van der Waals surface area (Å²) in [7, 11) is 0. The Morgan fingerprint density at radius 3 is 1.58 bits per heavy atom. The van der Waals surface area contributed by atoms with Crippen LogP contribution in [-0.4, -0.2) is 9.97 Å². The average molecular weight is 763 g/mol. The molecular weight excluding hydrogens is 729 g/mol. The number of nitrogens with zero attached hydrogens (tertiary/aromatic N) is 2. The Morgan fingerprint density at radius 2 is 0.833 bits per heavy atom. The van der Waals surface area contributed by atoms with Crippen molar-refractivity contribution < 1.29 is 4.42 Å². The molecule has 3 heteroatoms. The molecule has 0 N–H and O–H groups in total. The van der Waals surface area contributed by atoms with Gasteiger partial charge >= 0.3 is 0 Å². The molecule has 13 rings (SSSR count). The summed E-state index contributed by atoms with van der Waals surface area (Å²) in [5.41, 5.74) is 18.4. The zero-order chi connectivity index (χ0) is 39.4. The molecule has 60 heavy (non-hydrogen) atoms. The lowest BCUT2D eigenvalue weighted by molar-refractivity contribution is 0.670. The molecule has 1 spiro atoms. The van der Waals surface area contributed by atoms with E-state index in [4.69, 9.17) is 14.4 Å². The fourth-order valence-corrected chi connectivity index (χ4v) is 10.4. The summed E-state index contributed by atoms with van der Waals surface area (Å²) in [4.78, 5) is 10.9. The average Bonchev–Trinajstić information content (AvgIpc) is 3.95. The van der Waals surface area contributed by atoms with Gasteiger partial charge in [-0.2, -0.15) is 0 Å². The van der Waals surface area contributed by atoms with Crippen LogP contribution in [0.3, 0.4) is 0 Å². The van der Waals surface area contributed by atoms with Crippen LogP contribution in [0.15, 0.2) is 211 Å². The number of rotatable bonds is 4. The lowest BCUT2D eigenvalue weighted by Crippen LogP contribution is -2.25. The molecule has 0 saturated heterocycles. The van der Waals surface area contributed by atoms with Crippen LogP contribution in [-0.2, 0) is 5.41 Å². The maximum absolute atomic E-state index is 6.62. The predicted octanol–water partition coefficient (Wildman–Crippen LogP) is 14.5. The van der Waals surface area contributed by atoms with E-state index in [9.17, 15) is 0 Å². The normalized spacial score (nSPS) is 13.1. The first kappa shape index (κ1) is 33.1. The maximum atomic E-state index is 6.62. The second kappa shape index (κ2) is 12.6. The highest BCUT2D eigenvalue weighted by Gasteiger charge is 2.51. The van der Waals surface area contributed by atoms with Crippen molar-refractivity contribution >= 4 is 32.7 Å². The van der Waals surface area contributed by atoms with Crippen molar-refractivity contribution in [1.82, 2.24) is 9.97 Å². The van der Waals surface area contributed by atoms with Crippen LogP contribution < -0.4 is 0 Å². The first-order valence-electron chi connectivity index (χ1n) is 20.6. The monoisotopic (exact) mass is 762 g/mol. The van der Waals surface area contributed by atoms with Gasteiger partial charge in [0.25, 0.3) is 0 Å². The Kier molecular flexibility index (Phi) is 6.93. The summed E-state index contributed by atoms with van der Waals surface area (Å²) in [5, 5.41) is 4.56. The largest absolute Gasteiger partial charge is 0.455 e. The molecule has 0 unspecified atom stereocenters. The number of benzene rings is 9. The van der Waals surface area contributed by atoms with Gasteiger partial charge in [0.15, 0.2) is 5.82 Å². The van der Waals surface area contributed by atoms with Crippen molar-refractivity contribution in [3.63, 3.8) is 0 Å². The van der Waals surface area contributed by atoms with Gasteiger partial charge in [0.1, 0.15) is 11.2 Å². The molecule has 2 aliphatic carbocycles. The van der Waals surface area contributed by atoms with Gasteiger partial charge in [-0.3, -0.25) is 0 Å². The smallest absolute Gasteiger partial charge is 0.160 e. The van der Waals surface area contributed by atoms with Crippen LogP contribution >= 0.6 is 0 Å². The van der Waals surface area contributed by atoms with Crippen molar-refractivity contribution in [3.05, 3.63) is 229 Å². The summed E-state index contributed by atoms with van der Waals surface area (Å²) >= 11 is 0. The zero-order valence-electron chi connectivity index (χ0n) is 32.4. The van der Waals surface area contributed by atoms with Crippen molar-refractivity contribution in [3.8, 4) is 67.3 Å². The number of furan rings is 1. The van der Waals surface area contributed by atoms with E-state index in [0.29, 0.717) is 5.82 Å². The summed E-state index contributed by atoms with van der Waals surface area (Å²) in [6, 6.07) is 74.2. The highest BCUT2D eigenvalue weighted by molar-refractivity contribution is 6.09. The lowest BCUT2D eigenvalue weighted by atomic mass is 9.70. The van der Waals surface area contributed by atoms with Crippen molar-refractivity contribution in [2.24, 2.45) is 0 Å². The molecule has 2 heterocycles. The first-order chi connectivity index (χ1) is 29.8. The van der Waals surface area contributed by atoms with Gasteiger partial charge in [0, 0.05) is 27.5 Å². The Hall–Kier alpha value is -7.88. The predicted molar refractivity (Wildman–Crippen MR) is 245 cm³/mol. The van der Waals surface area contributed by atoms with Crippen molar-refractivity contribution in [2.75, 3.05) is 0 Å². The molecule has 0 atom stereocenters. The highest BCUT2D eigenvalue weighted by atomic mass is 16.3. The fourth-order valence-electron chi connectivity index (χ4n) is 10.4. The van der Waals surface area contributed by atoms with Gasteiger partial charge in [-0.15, -0.1) is 0 Å². The molecule has 0 radical (unpaired) electrons. The number of aromatic nitrogens is 2. The van der Waals surface area contributed by atoms with E-state index in [1.807, 2.05) is 12.1 Å². The van der Waals surface area contributed by atoms with E-state index in [1.54, 1.807) is 0 Å². The molecule has 0 amide bonds. The zero-order valence-corrected chi connectivity index (χ0v) is 32.4. The summed E-state index contributed by atoms with van der Waals surface area (Å²) in [5.74, 6) is 0.664. The Bertz CT molecular complexity index is 3520. The summed E-state index contributed by atoms with van der Waals surface area (Å²) in [6.07, 6.45) is 0. The molecule has 0 fully saturated rings. The Labute approximate surface area is 346 Å². The van der Waals surface area contributed by atoms with Gasteiger partial charge < -0.3 is 4.42 Å². The minimum Gasteiger partial charge on any atom is -0.455 e. The van der Waals surface area contributed by atoms with Gasteiger partial charge in [0.05, 0.1) is 16.8 Å². The van der Waals surface area contributed by atoms with Gasteiger partial charge in [-0.1, -0.05) is 182 Å². The summed E-state index contributed by atoms with van der Waals surface area (Å²) in [6.45, 7) is 0. The third-order valence-electron chi connectivity index (χ3n) is 12.9. The highest BCUT2D eigenvalue weighted by Crippen LogP contribution is 2.63. The van der Waals surface area contributed by atoms with Gasteiger partial charge in [0.2, 0.25) is 0 Å². The Morgan fingerprint density at radius 1 is 0.333 bits per heavy atom. The topological polar surface area (TPSA) is 38.9 Å². The molecule has 0 aliphatic heterocycles. The van der Waals surface area contributed by atoms with Gasteiger partial charge in [-0.05, 0) is 90.7 Å². The molecule has 0 bridgehead atoms. The van der Waals surface area contributed by atoms with E-state index in [-0.39, 0.29) is 0 Å². The molecule has 9 aromatic carbocycles. The number of hydrogen-bond donors (Lipinski definition) is 0. The molecule has 2 aromatic heterocycles. The second-order valence-corrected chi connectivity index (χ2v) is 16.0.